The number of carbonyl (C=O) groups is 3. The Morgan fingerprint density at radius 1 is 1.19 bits per heavy atom. The number of carboxylic acid groups (broad SMARTS) is 2. The maximum atomic E-state index is 13.3. The van der Waals surface area contributed by atoms with Gasteiger partial charge in [0.25, 0.3) is 0 Å². The molecule has 0 bridgehead atoms. The number of hydrogen-bond donors (Lipinski definition) is 5. The van der Waals surface area contributed by atoms with Crippen LogP contribution in [0, 0.1) is 5.41 Å². The van der Waals surface area contributed by atoms with Crippen molar-refractivity contribution in [2.24, 2.45) is 5.73 Å². The summed E-state index contributed by atoms with van der Waals surface area (Å²) >= 11 is 0. The lowest BCUT2D eigenvalue weighted by molar-refractivity contribution is -0.161. The number of Topliss-reactive ketones (excluding diaryl/α,β-unsaturated/α-hetero) is 1. The summed E-state index contributed by atoms with van der Waals surface area (Å²) in [6.07, 6.45) is 2.73. The first-order valence-electron chi connectivity index (χ1n) is 11.1. The Morgan fingerprint density at radius 2 is 1.88 bits per heavy atom. The third kappa shape index (κ3) is 6.14. The molecular formula is C23H34N4O5. The molecule has 0 saturated carbocycles. The smallest absolute Gasteiger partial charge is 0.332 e. The Kier molecular flexibility index (Phi) is 9.34. The average Bonchev–Trinajstić information content (AvgIpc) is 3.19. The second-order valence-corrected chi connectivity index (χ2v) is 8.36. The molecule has 176 valence electrons. The fourth-order valence-electron chi connectivity index (χ4n) is 4.43. The van der Waals surface area contributed by atoms with Crippen molar-refractivity contribution in [2.45, 2.75) is 69.5 Å². The van der Waals surface area contributed by atoms with Crippen molar-refractivity contribution >= 4 is 23.6 Å². The number of ketones is 1. The minimum absolute atomic E-state index is 0.0541. The molecule has 1 aromatic rings. The van der Waals surface area contributed by atoms with Crippen molar-refractivity contribution in [1.29, 1.82) is 5.41 Å². The second kappa shape index (κ2) is 11.7. The number of unbranched alkanes of at least 4 members (excludes halogenated alkanes) is 1. The highest BCUT2D eigenvalue weighted by molar-refractivity contribution is 6.10. The van der Waals surface area contributed by atoms with Crippen LogP contribution in [0.5, 0.6) is 0 Å². The molecule has 6 N–H and O–H groups in total. The lowest BCUT2D eigenvalue weighted by atomic mass is 9.84. The highest BCUT2D eigenvalue weighted by Crippen LogP contribution is 2.35. The number of nitrogens with one attached hydrogen (secondary N) is 2. The summed E-state index contributed by atoms with van der Waals surface area (Å²) in [6.45, 7) is 2.43. The third-order valence-corrected chi connectivity index (χ3v) is 6.07. The minimum Gasteiger partial charge on any atom is -0.480 e. The molecule has 9 heteroatoms. The standard InChI is InChI=1S/C23H34N4O5/c1-16(24)26-14-6-5-10-18(25)20(28)23(22(31)32)13-7-15-27(23)19(21(29)30)12-11-17-8-3-2-4-9-17/h2-4,8-9,18-19H,5-7,10-15,25H2,1H3,(H2,24,26)(H,29,30)(H,31,32)/t18-,19?,23+/m0/s1. The Labute approximate surface area is 188 Å². The van der Waals surface area contributed by atoms with Gasteiger partial charge in [-0.05, 0) is 57.4 Å². The topological polar surface area (TPSA) is 157 Å². The second-order valence-electron chi connectivity index (χ2n) is 8.36. The fraction of sp³-hybridized carbons (Fsp3) is 0.565. The van der Waals surface area contributed by atoms with Crippen LogP contribution in [0.2, 0.25) is 0 Å². The Balaban J connectivity index is 2.14. The molecule has 2 rings (SSSR count). The van der Waals surface area contributed by atoms with Gasteiger partial charge in [0.15, 0.2) is 11.3 Å². The van der Waals surface area contributed by atoms with Gasteiger partial charge in [0.05, 0.1) is 11.9 Å². The zero-order valence-corrected chi connectivity index (χ0v) is 18.5. The van der Waals surface area contributed by atoms with Crippen molar-refractivity contribution < 1.29 is 24.6 Å². The van der Waals surface area contributed by atoms with E-state index in [0.717, 1.165) is 5.56 Å². The summed E-state index contributed by atoms with van der Waals surface area (Å²) in [5, 5.41) is 30.2. The Bertz CT molecular complexity index is 816. The number of nitrogens with two attached hydrogens (primary N) is 1. The van der Waals surface area contributed by atoms with Gasteiger partial charge >= 0.3 is 11.9 Å². The van der Waals surface area contributed by atoms with Crippen LogP contribution in [0.25, 0.3) is 0 Å². The number of aryl methyl sites for hydroxylation is 1. The first-order valence-corrected chi connectivity index (χ1v) is 11.1. The molecule has 0 radical (unpaired) electrons. The molecule has 1 heterocycles. The molecule has 9 nitrogen and oxygen atoms in total. The molecule has 0 aliphatic carbocycles. The van der Waals surface area contributed by atoms with Crippen molar-refractivity contribution in [3.63, 3.8) is 0 Å². The van der Waals surface area contributed by atoms with E-state index in [1.54, 1.807) is 6.92 Å². The zero-order chi connectivity index (χ0) is 23.7. The van der Waals surface area contributed by atoms with E-state index in [0.29, 0.717) is 44.5 Å². The molecular weight excluding hydrogens is 412 g/mol. The van der Waals surface area contributed by atoms with Crippen LogP contribution in [-0.2, 0) is 20.8 Å². The van der Waals surface area contributed by atoms with E-state index in [1.165, 1.54) is 4.90 Å². The van der Waals surface area contributed by atoms with Crippen LogP contribution >= 0.6 is 0 Å². The summed E-state index contributed by atoms with van der Waals surface area (Å²) in [4.78, 5) is 39.1. The lowest BCUT2D eigenvalue weighted by Crippen LogP contribution is -2.64. The monoisotopic (exact) mass is 446 g/mol. The highest BCUT2D eigenvalue weighted by atomic mass is 16.4. The lowest BCUT2D eigenvalue weighted by Gasteiger charge is -2.38. The first-order chi connectivity index (χ1) is 15.2. The first kappa shape index (κ1) is 25.5. The van der Waals surface area contributed by atoms with Crippen molar-refractivity contribution in [1.82, 2.24) is 10.2 Å². The average molecular weight is 447 g/mol. The van der Waals surface area contributed by atoms with E-state index >= 15 is 0 Å². The van der Waals surface area contributed by atoms with Crippen LogP contribution in [0.15, 0.2) is 30.3 Å². The van der Waals surface area contributed by atoms with Gasteiger partial charge in [0.1, 0.15) is 6.04 Å². The van der Waals surface area contributed by atoms with Crippen LogP contribution in [0.3, 0.4) is 0 Å². The molecule has 3 atom stereocenters. The number of hydrogen-bond acceptors (Lipinski definition) is 6. The SMILES string of the molecule is CC(=N)NCCCC[C@H](N)C(=O)[C@@]1(C(=O)O)CCCN1C(CCc1ccccc1)C(=O)O. The van der Waals surface area contributed by atoms with E-state index in [9.17, 15) is 24.6 Å². The molecule has 0 spiro atoms. The predicted molar refractivity (Wildman–Crippen MR) is 121 cm³/mol. The van der Waals surface area contributed by atoms with Crippen LogP contribution in [-0.4, -0.2) is 69.4 Å². The van der Waals surface area contributed by atoms with Gasteiger partial charge < -0.3 is 21.3 Å². The van der Waals surface area contributed by atoms with E-state index < -0.39 is 35.3 Å². The fourth-order valence-corrected chi connectivity index (χ4v) is 4.43. The number of aliphatic carboxylic acids is 2. The van der Waals surface area contributed by atoms with E-state index in [1.807, 2.05) is 30.3 Å². The number of benzene rings is 1. The van der Waals surface area contributed by atoms with E-state index in [-0.39, 0.29) is 19.4 Å². The quantitative estimate of drug-likeness (QED) is 0.132. The summed E-state index contributed by atoms with van der Waals surface area (Å²) in [5.41, 5.74) is 5.16. The molecule has 1 unspecified atom stereocenters. The number of rotatable bonds is 13. The van der Waals surface area contributed by atoms with Crippen molar-refractivity contribution in [2.75, 3.05) is 13.1 Å². The summed E-state index contributed by atoms with van der Waals surface area (Å²) in [5.74, 6) is -2.73. The molecule has 1 saturated heterocycles. The number of nitrogens with zero attached hydrogens (tertiary/aromatic N) is 1. The highest BCUT2D eigenvalue weighted by Gasteiger charge is 2.57. The van der Waals surface area contributed by atoms with Gasteiger partial charge in [-0.2, -0.15) is 0 Å². The van der Waals surface area contributed by atoms with Gasteiger partial charge in [-0.3, -0.25) is 19.9 Å². The number of likely N-dealkylation sites (tertiary alicyclic amines) is 1. The Hall–Kier alpha value is -2.78. The van der Waals surface area contributed by atoms with Gasteiger partial charge in [0.2, 0.25) is 0 Å². The summed E-state index contributed by atoms with van der Waals surface area (Å²) < 4.78 is 0. The van der Waals surface area contributed by atoms with Crippen LogP contribution in [0.4, 0.5) is 0 Å². The number of carboxylic acids is 2. The van der Waals surface area contributed by atoms with Crippen molar-refractivity contribution in [3.8, 4) is 0 Å². The maximum absolute atomic E-state index is 13.3. The third-order valence-electron chi connectivity index (χ3n) is 6.07. The number of carbonyl (C=O) groups excluding carboxylic acids is 1. The van der Waals surface area contributed by atoms with Crippen LogP contribution < -0.4 is 11.1 Å². The largest absolute Gasteiger partial charge is 0.480 e. The zero-order valence-electron chi connectivity index (χ0n) is 18.5. The van der Waals surface area contributed by atoms with Gasteiger partial charge in [-0.15, -0.1) is 0 Å². The van der Waals surface area contributed by atoms with E-state index in [2.05, 4.69) is 5.32 Å². The molecule has 1 aliphatic heterocycles. The molecule has 0 amide bonds. The van der Waals surface area contributed by atoms with Crippen molar-refractivity contribution in [3.05, 3.63) is 35.9 Å². The molecule has 1 fully saturated rings. The molecule has 0 aromatic heterocycles. The van der Waals surface area contributed by atoms with E-state index in [4.69, 9.17) is 11.1 Å². The van der Waals surface area contributed by atoms with Gasteiger partial charge in [0, 0.05) is 13.1 Å². The predicted octanol–water partition coefficient (Wildman–Crippen LogP) is 1.65. The number of amidine groups is 1. The van der Waals surface area contributed by atoms with Gasteiger partial charge in [-0.25, -0.2) is 4.79 Å². The Morgan fingerprint density at radius 3 is 2.47 bits per heavy atom. The molecule has 32 heavy (non-hydrogen) atoms. The normalized spacial score (nSPS) is 20.4. The summed E-state index contributed by atoms with van der Waals surface area (Å²) in [6, 6.07) is 7.30. The molecule has 1 aliphatic rings. The minimum atomic E-state index is -1.91. The maximum Gasteiger partial charge on any atom is 0.332 e. The summed E-state index contributed by atoms with van der Waals surface area (Å²) in [7, 11) is 0. The van der Waals surface area contributed by atoms with Gasteiger partial charge in [-0.1, -0.05) is 30.3 Å². The van der Waals surface area contributed by atoms with Crippen LogP contribution in [0.1, 0.15) is 51.0 Å². The molecule has 1 aromatic carbocycles.